The van der Waals surface area contributed by atoms with Crippen LogP contribution < -0.4 is 11.3 Å². The van der Waals surface area contributed by atoms with E-state index in [2.05, 4.69) is 15.0 Å². The number of anilines is 1. The van der Waals surface area contributed by atoms with Crippen LogP contribution in [0.3, 0.4) is 0 Å². The van der Waals surface area contributed by atoms with Crippen molar-refractivity contribution in [2.24, 2.45) is 0 Å². The van der Waals surface area contributed by atoms with Crippen molar-refractivity contribution in [2.45, 2.75) is 13.3 Å². The van der Waals surface area contributed by atoms with E-state index >= 15 is 0 Å². The van der Waals surface area contributed by atoms with E-state index in [1.165, 1.54) is 0 Å². The summed E-state index contributed by atoms with van der Waals surface area (Å²) in [5.74, 6) is 1.11. The average molecular weight is 240 g/mol. The van der Waals surface area contributed by atoms with Crippen LogP contribution in [-0.2, 0) is 6.42 Å². The molecule has 0 unspecified atom stereocenters. The van der Waals surface area contributed by atoms with Crippen molar-refractivity contribution < 1.29 is 0 Å². The number of pyridine rings is 1. The standard InChI is InChI=1S/C13H12N4O/c1-2-11-16-10-5-7-3-4-15-12(14)8(7)6-9(10)13(18)17-11/h3-6H,2H2,1H3,(H2,14,15)(H,16,17,18). The van der Waals surface area contributed by atoms with Gasteiger partial charge in [0.2, 0.25) is 0 Å². The van der Waals surface area contributed by atoms with Gasteiger partial charge < -0.3 is 10.7 Å². The molecule has 1 aromatic carbocycles. The average Bonchev–Trinajstić information content (AvgIpc) is 2.37. The molecule has 5 nitrogen and oxygen atoms in total. The smallest absolute Gasteiger partial charge is 0.280 e. The number of nitrogen functional groups attached to an aromatic ring is 1. The third kappa shape index (κ3) is 1.52. The fraction of sp³-hybridized carbons (Fsp3) is 0.154. The highest BCUT2D eigenvalue weighted by Crippen LogP contribution is 2.22. The van der Waals surface area contributed by atoms with Crippen LogP contribution in [0.2, 0.25) is 0 Å². The fourth-order valence-corrected chi connectivity index (χ4v) is 2.06. The van der Waals surface area contributed by atoms with Crippen LogP contribution in [-0.4, -0.2) is 15.0 Å². The summed E-state index contributed by atoms with van der Waals surface area (Å²) in [5, 5.41) is 2.28. The lowest BCUT2D eigenvalue weighted by atomic mass is 10.1. The molecule has 2 aromatic heterocycles. The summed E-state index contributed by atoms with van der Waals surface area (Å²) in [6.07, 6.45) is 2.35. The lowest BCUT2D eigenvalue weighted by Crippen LogP contribution is -2.11. The summed E-state index contributed by atoms with van der Waals surface area (Å²) >= 11 is 0. The predicted octanol–water partition coefficient (Wildman–Crippen LogP) is 1.62. The first-order valence-corrected chi connectivity index (χ1v) is 5.76. The number of fused-ring (bicyclic) bond motifs is 2. The molecule has 0 spiro atoms. The molecule has 5 heteroatoms. The van der Waals surface area contributed by atoms with Gasteiger partial charge in [-0.05, 0) is 23.6 Å². The Bertz CT molecular complexity index is 807. The Balaban J connectivity index is 2.49. The number of nitrogens with zero attached hydrogens (tertiary/aromatic N) is 2. The van der Waals surface area contributed by atoms with Gasteiger partial charge in [-0.2, -0.15) is 4.98 Å². The number of aromatic amines is 1. The second kappa shape index (κ2) is 3.80. The van der Waals surface area contributed by atoms with Crippen molar-refractivity contribution in [1.29, 1.82) is 0 Å². The number of hydrogen-bond donors (Lipinski definition) is 2. The van der Waals surface area contributed by atoms with E-state index in [-0.39, 0.29) is 5.56 Å². The highest BCUT2D eigenvalue weighted by Gasteiger charge is 2.06. The first-order chi connectivity index (χ1) is 8.69. The Morgan fingerprint density at radius 2 is 2.17 bits per heavy atom. The van der Waals surface area contributed by atoms with Gasteiger partial charge in [-0.1, -0.05) is 6.92 Å². The van der Waals surface area contributed by atoms with Crippen LogP contribution in [0.4, 0.5) is 5.82 Å². The van der Waals surface area contributed by atoms with E-state index < -0.39 is 0 Å². The summed E-state index contributed by atoms with van der Waals surface area (Å²) in [7, 11) is 0. The minimum atomic E-state index is -0.231. The molecule has 3 aromatic rings. The summed E-state index contributed by atoms with van der Waals surface area (Å²) < 4.78 is 0. The molecule has 0 aliphatic rings. The van der Waals surface area contributed by atoms with E-state index in [1.54, 1.807) is 12.3 Å². The Morgan fingerprint density at radius 3 is 2.94 bits per heavy atom. The number of aromatic nitrogens is 3. The maximum absolute atomic E-state index is 11.9. The zero-order chi connectivity index (χ0) is 12.7. The first kappa shape index (κ1) is 10.7. The molecule has 3 N–H and O–H groups in total. The second-order valence-electron chi connectivity index (χ2n) is 4.16. The Kier molecular flexibility index (Phi) is 2.26. The zero-order valence-electron chi connectivity index (χ0n) is 9.90. The lowest BCUT2D eigenvalue weighted by Gasteiger charge is -2.05. The van der Waals surface area contributed by atoms with E-state index in [9.17, 15) is 4.79 Å². The molecule has 18 heavy (non-hydrogen) atoms. The van der Waals surface area contributed by atoms with Crippen LogP contribution in [0.1, 0.15) is 12.7 Å². The van der Waals surface area contributed by atoms with Crippen LogP contribution in [0, 0.1) is 0 Å². The highest BCUT2D eigenvalue weighted by atomic mass is 16.1. The predicted molar refractivity (Wildman–Crippen MR) is 71.5 cm³/mol. The molecule has 2 heterocycles. The summed E-state index contributed by atoms with van der Waals surface area (Å²) in [5.41, 5.74) is 6.36. The summed E-state index contributed by atoms with van der Waals surface area (Å²) in [6, 6.07) is 5.53. The van der Waals surface area contributed by atoms with Gasteiger partial charge in [0.05, 0.1) is 10.9 Å². The molecule has 0 saturated heterocycles. The van der Waals surface area contributed by atoms with E-state index in [1.807, 2.05) is 19.1 Å². The molecule has 0 fully saturated rings. The molecule has 0 aliphatic carbocycles. The Morgan fingerprint density at radius 1 is 1.33 bits per heavy atom. The monoisotopic (exact) mass is 240 g/mol. The number of benzene rings is 1. The normalized spacial score (nSPS) is 11.2. The first-order valence-electron chi connectivity index (χ1n) is 5.76. The Labute approximate surface area is 103 Å². The van der Waals surface area contributed by atoms with Crippen molar-refractivity contribution in [2.75, 3.05) is 5.73 Å². The fourth-order valence-electron chi connectivity index (χ4n) is 2.06. The molecular weight excluding hydrogens is 228 g/mol. The molecule has 3 rings (SSSR count). The van der Waals surface area contributed by atoms with Crippen molar-refractivity contribution in [3.05, 3.63) is 40.6 Å². The van der Waals surface area contributed by atoms with Gasteiger partial charge in [0.15, 0.2) is 0 Å². The van der Waals surface area contributed by atoms with Crippen molar-refractivity contribution >= 4 is 27.5 Å². The molecule has 0 saturated carbocycles. The van der Waals surface area contributed by atoms with Crippen LogP contribution in [0.15, 0.2) is 29.2 Å². The van der Waals surface area contributed by atoms with Gasteiger partial charge in [-0.3, -0.25) is 4.79 Å². The molecule has 90 valence electrons. The highest BCUT2D eigenvalue weighted by molar-refractivity contribution is 6.00. The molecule has 0 atom stereocenters. The minimum absolute atomic E-state index is 0.231. The molecule has 0 bridgehead atoms. The molecule has 0 radical (unpaired) electrons. The number of rotatable bonds is 1. The van der Waals surface area contributed by atoms with Gasteiger partial charge in [-0.25, -0.2) is 4.98 Å². The lowest BCUT2D eigenvalue weighted by molar-refractivity contribution is 0.945. The largest absolute Gasteiger partial charge is 0.383 e. The molecular formula is C13H12N4O. The van der Waals surface area contributed by atoms with Gasteiger partial charge >= 0.3 is 0 Å². The van der Waals surface area contributed by atoms with Gasteiger partial charge in [-0.15, -0.1) is 0 Å². The van der Waals surface area contributed by atoms with Crippen LogP contribution in [0.5, 0.6) is 0 Å². The van der Waals surface area contributed by atoms with Crippen molar-refractivity contribution in [1.82, 2.24) is 15.0 Å². The number of nitrogens with two attached hydrogens (primary N) is 1. The number of aryl methyl sites for hydroxylation is 1. The quantitative estimate of drug-likeness (QED) is 0.633. The maximum atomic E-state index is 11.9. The van der Waals surface area contributed by atoms with Crippen molar-refractivity contribution in [3.8, 4) is 0 Å². The Hall–Kier alpha value is -2.43. The molecule has 0 amide bonds. The summed E-state index contributed by atoms with van der Waals surface area (Å²) in [4.78, 5) is 23.1. The number of H-pyrrole nitrogens is 1. The van der Waals surface area contributed by atoms with Gasteiger partial charge in [0.25, 0.3) is 5.56 Å². The van der Waals surface area contributed by atoms with Gasteiger partial charge in [0.1, 0.15) is 11.6 Å². The topological polar surface area (TPSA) is 84.7 Å². The zero-order valence-corrected chi connectivity index (χ0v) is 9.90. The van der Waals surface area contributed by atoms with E-state index in [0.717, 1.165) is 16.3 Å². The third-order valence-electron chi connectivity index (χ3n) is 3.01. The van der Waals surface area contributed by atoms with Gasteiger partial charge in [0, 0.05) is 18.0 Å². The second-order valence-corrected chi connectivity index (χ2v) is 4.16. The van der Waals surface area contributed by atoms with Crippen molar-refractivity contribution in [3.63, 3.8) is 0 Å². The number of hydrogen-bond acceptors (Lipinski definition) is 4. The van der Waals surface area contributed by atoms with Crippen LogP contribution in [0.25, 0.3) is 21.7 Å². The maximum Gasteiger partial charge on any atom is 0.280 e. The SMILES string of the molecule is CCc1nc(=O)c2cc3c(N)nccc3cc2[nH]1. The third-order valence-corrected chi connectivity index (χ3v) is 3.01. The van der Waals surface area contributed by atoms with E-state index in [0.29, 0.717) is 23.4 Å². The number of nitrogens with one attached hydrogen (secondary N) is 1. The van der Waals surface area contributed by atoms with Crippen LogP contribution >= 0.6 is 0 Å². The van der Waals surface area contributed by atoms with E-state index in [4.69, 9.17) is 5.73 Å². The minimum Gasteiger partial charge on any atom is -0.383 e. The molecule has 0 aliphatic heterocycles. The summed E-state index contributed by atoms with van der Waals surface area (Å²) in [6.45, 7) is 1.95.